The maximum absolute atomic E-state index is 12.9. The highest BCUT2D eigenvalue weighted by molar-refractivity contribution is 5.97. The van der Waals surface area contributed by atoms with Crippen molar-refractivity contribution in [3.8, 4) is 5.75 Å². The van der Waals surface area contributed by atoms with Crippen LogP contribution >= 0.6 is 0 Å². The summed E-state index contributed by atoms with van der Waals surface area (Å²) >= 11 is 0. The number of imidazole rings is 1. The summed E-state index contributed by atoms with van der Waals surface area (Å²) in [5, 5.41) is 0. The van der Waals surface area contributed by atoms with E-state index in [1.807, 2.05) is 0 Å². The number of aryl methyl sites for hydroxylation is 1. The van der Waals surface area contributed by atoms with Crippen molar-refractivity contribution in [2.75, 3.05) is 13.1 Å². The maximum atomic E-state index is 12.9. The van der Waals surface area contributed by atoms with Crippen molar-refractivity contribution in [2.45, 2.75) is 18.8 Å². The monoisotopic (exact) mass is 406 g/mol. The molecular formula is C19H17F3N4O3. The van der Waals surface area contributed by atoms with Crippen LogP contribution in [0, 0.1) is 0 Å². The number of hydrogen-bond acceptors (Lipinski definition) is 4. The summed E-state index contributed by atoms with van der Waals surface area (Å²) in [5.74, 6) is -1.12. The van der Waals surface area contributed by atoms with E-state index in [0.717, 1.165) is 6.07 Å². The van der Waals surface area contributed by atoms with Crippen LogP contribution in [0.15, 0.2) is 47.4 Å². The van der Waals surface area contributed by atoms with E-state index in [1.54, 1.807) is 29.9 Å². The molecule has 1 aliphatic heterocycles. The van der Waals surface area contributed by atoms with Gasteiger partial charge in [-0.3, -0.25) is 13.9 Å². The number of halogens is 3. The number of aromatic nitrogens is 3. The summed E-state index contributed by atoms with van der Waals surface area (Å²) in [6, 6.07) is 8.43. The second-order valence-electron chi connectivity index (χ2n) is 6.80. The molecule has 1 atom stereocenters. The Morgan fingerprint density at radius 3 is 2.72 bits per heavy atom. The molecule has 4 rings (SSSR count). The molecule has 3 heterocycles. The fraction of sp³-hybridized carbons (Fsp3) is 0.316. The number of nitrogens with zero attached hydrogens (tertiary/aromatic N) is 4. The van der Waals surface area contributed by atoms with Crippen LogP contribution in [0.3, 0.4) is 0 Å². The van der Waals surface area contributed by atoms with Gasteiger partial charge in [0.1, 0.15) is 5.75 Å². The van der Waals surface area contributed by atoms with Crippen LogP contribution in [-0.4, -0.2) is 44.4 Å². The minimum absolute atomic E-state index is 0.172. The van der Waals surface area contributed by atoms with Gasteiger partial charge < -0.3 is 9.64 Å². The Labute approximate surface area is 162 Å². The second kappa shape index (κ2) is 6.94. The molecule has 0 spiro atoms. The number of para-hydroxylation sites is 1. The summed E-state index contributed by atoms with van der Waals surface area (Å²) in [6.07, 6.45) is -2.82. The SMILES string of the molecule is Cn1c(=O)n(C2CCN(C(=O)c3ccccc3OC(F)(F)F)C2)c2ncccc21. The van der Waals surface area contributed by atoms with Crippen molar-refractivity contribution in [1.29, 1.82) is 0 Å². The van der Waals surface area contributed by atoms with Gasteiger partial charge in [-0.25, -0.2) is 9.78 Å². The highest BCUT2D eigenvalue weighted by Gasteiger charge is 2.35. The molecule has 0 aliphatic carbocycles. The van der Waals surface area contributed by atoms with E-state index in [1.165, 1.54) is 27.7 Å². The molecular weight excluding hydrogens is 389 g/mol. The van der Waals surface area contributed by atoms with E-state index in [4.69, 9.17) is 0 Å². The normalized spacial score (nSPS) is 17.1. The molecule has 0 N–H and O–H groups in total. The zero-order valence-corrected chi connectivity index (χ0v) is 15.4. The minimum Gasteiger partial charge on any atom is -0.405 e. The lowest BCUT2D eigenvalue weighted by Gasteiger charge is -2.19. The van der Waals surface area contributed by atoms with E-state index < -0.39 is 18.0 Å². The van der Waals surface area contributed by atoms with Gasteiger partial charge in [0.05, 0.1) is 17.1 Å². The lowest BCUT2D eigenvalue weighted by molar-refractivity contribution is -0.274. The van der Waals surface area contributed by atoms with Crippen LogP contribution < -0.4 is 10.4 Å². The first-order chi connectivity index (χ1) is 13.8. The number of carbonyl (C=O) groups is 1. The number of hydrogen-bond donors (Lipinski definition) is 0. The first-order valence-electron chi connectivity index (χ1n) is 8.92. The van der Waals surface area contributed by atoms with E-state index in [9.17, 15) is 22.8 Å². The van der Waals surface area contributed by atoms with Crippen LogP contribution in [0.4, 0.5) is 13.2 Å². The standard InChI is InChI=1S/C19H17F3N4O3/c1-24-14-6-4-9-23-16(14)26(18(24)28)12-8-10-25(11-12)17(27)13-5-2-3-7-15(13)29-19(20,21)22/h2-7,9,12H,8,10-11H2,1H3. The zero-order chi connectivity index (χ0) is 20.8. The van der Waals surface area contributed by atoms with Crippen molar-refractivity contribution in [1.82, 2.24) is 19.0 Å². The quantitative estimate of drug-likeness (QED) is 0.671. The van der Waals surface area contributed by atoms with Gasteiger partial charge in [0.25, 0.3) is 5.91 Å². The van der Waals surface area contributed by atoms with E-state index in [0.29, 0.717) is 24.1 Å². The third-order valence-corrected chi connectivity index (χ3v) is 5.01. The fourth-order valence-electron chi connectivity index (χ4n) is 3.68. The van der Waals surface area contributed by atoms with Crippen LogP contribution in [-0.2, 0) is 7.05 Å². The Hall–Kier alpha value is -3.30. The highest BCUT2D eigenvalue weighted by atomic mass is 19.4. The number of benzene rings is 1. The molecule has 1 aliphatic rings. The van der Waals surface area contributed by atoms with Gasteiger partial charge in [0.15, 0.2) is 5.65 Å². The van der Waals surface area contributed by atoms with Crippen molar-refractivity contribution in [3.63, 3.8) is 0 Å². The fourth-order valence-corrected chi connectivity index (χ4v) is 3.68. The molecule has 1 aromatic carbocycles. The number of amides is 1. The van der Waals surface area contributed by atoms with Gasteiger partial charge in [0.2, 0.25) is 0 Å². The molecule has 1 unspecified atom stereocenters. The van der Waals surface area contributed by atoms with Gasteiger partial charge in [-0.2, -0.15) is 0 Å². The smallest absolute Gasteiger partial charge is 0.405 e. The van der Waals surface area contributed by atoms with Crippen LogP contribution in [0.2, 0.25) is 0 Å². The average Bonchev–Trinajstić information content (AvgIpc) is 3.24. The Bertz CT molecular complexity index is 1140. The second-order valence-corrected chi connectivity index (χ2v) is 6.80. The number of alkyl halides is 3. The average molecular weight is 406 g/mol. The molecule has 1 fully saturated rings. The maximum Gasteiger partial charge on any atom is 0.573 e. The summed E-state index contributed by atoms with van der Waals surface area (Å²) in [6.45, 7) is 0.494. The van der Waals surface area contributed by atoms with Crippen LogP contribution in [0.1, 0.15) is 22.8 Å². The molecule has 0 saturated carbocycles. The van der Waals surface area contributed by atoms with Gasteiger partial charge in [-0.05, 0) is 30.7 Å². The third kappa shape index (κ3) is 3.45. The first kappa shape index (κ1) is 19.0. The first-order valence-corrected chi connectivity index (χ1v) is 8.92. The number of carbonyl (C=O) groups excluding carboxylic acids is 1. The molecule has 152 valence electrons. The minimum atomic E-state index is -4.90. The van der Waals surface area contributed by atoms with Crippen molar-refractivity contribution in [3.05, 3.63) is 58.6 Å². The van der Waals surface area contributed by atoms with Crippen LogP contribution in [0.5, 0.6) is 5.75 Å². The van der Waals surface area contributed by atoms with Crippen molar-refractivity contribution in [2.24, 2.45) is 7.05 Å². The predicted molar refractivity (Wildman–Crippen MR) is 97.7 cm³/mol. The highest BCUT2D eigenvalue weighted by Crippen LogP contribution is 2.30. The van der Waals surface area contributed by atoms with Crippen LogP contribution in [0.25, 0.3) is 11.2 Å². The van der Waals surface area contributed by atoms with E-state index >= 15 is 0 Å². The zero-order valence-electron chi connectivity index (χ0n) is 15.4. The van der Waals surface area contributed by atoms with Crippen molar-refractivity contribution >= 4 is 17.1 Å². The van der Waals surface area contributed by atoms with E-state index in [-0.39, 0.29) is 23.8 Å². The molecule has 29 heavy (non-hydrogen) atoms. The summed E-state index contributed by atoms with van der Waals surface area (Å²) in [4.78, 5) is 31.2. The molecule has 1 amide bonds. The van der Waals surface area contributed by atoms with Gasteiger partial charge in [0, 0.05) is 26.3 Å². The molecule has 7 nitrogen and oxygen atoms in total. The lowest BCUT2D eigenvalue weighted by Crippen LogP contribution is -2.32. The number of rotatable bonds is 3. The Morgan fingerprint density at radius 2 is 1.97 bits per heavy atom. The predicted octanol–water partition coefficient (Wildman–Crippen LogP) is 2.72. The molecule has 0 radical (unpaired) electrons. The number of ether oxygens (including phenoxy) is 1. The van der Waals surface area contributed by atoms with Gasteiger partial charge >= 0.3 is 12.1 Å². The van der Waals surface area contributed by atoms with Gasteiger partial charge in [-0.1, -0.05) is 12.1 Å². The Kier molecular flexibility index (Phi) is 4.56. The Morgan fingerprint density at radius 1 is 1.21 bits per heavy atom. The molecule has 3 aromatic rings. The number of fused-ring (bicyclic) bond motifs is 1. The molecule has 10 heteroatoms. The summed E-state index contributed by atoms with van der Waals surface area (Å²) in [7, 11) is 1.64. The molecule has 2 aromatic heterocycles. The van der Waals surface area contributed by atoms with Gasteiger partial charge in [-0.15, -0.1) is 13.2 Å². The summed E-state index contributed by atoms with van der Waals surface area (Å²) in [5.41, 5.74) is 0.763. The Balaban J connectivity index is 1.62. The third-order valence-electron chi connectivity index (χ3n) is 5.01. The van der Waals surface area contributed by atoms with E-state index in [2.05, 4.69) is 9.72 Å². The summed E-state index contributed by atoms with van der Waals surface area (Å²) < 4.78 is 45.0. The number of pyridine rings is 1. The largest absolute Gasteiger partial charge is 0.573 e. The lowest BCUT2D eigenvalue weighted by atomic mass is 10.2. The topological polar surface area (TPSA) is 69.4 Å². The number of likely N-dealkylation sites (tertiary alicyclic amines) is 1. The van der Waals surface area contributed by atoms with Crippen molar-refractivity contribution < 1.29 is 22.7 Å². The molecule has 0 bridgehead atoms. The molecule has 1 saturated heterocycles.